The first kappa shape index (κ1) is 20.2. The monoisotopic (exact) mass is 394 g/mol. The van der Waals surface area contributed by atoms with Crippen LogP contribution in [0.15, 0.2) is 22.7 Å². The van der Waals surface area contributed by atoms with Crippen LogP contribution in [-0.2, 0) is 6.18 Å². The summed E-state index contributed by atoms with van der Waals surface area (Å²) in [4.78, 5) is 12.2. The molecule has 26 heavy (non-hydrogen) atoms. The molecule has 0 aliphatic heterocycles. The van der Waals surface area contributed by atoms with Gasteiger partial charge < -0.3 is 14.9 Å². The Labute approximate surface area is 150 Å². The quantitative estimate of drug-likeness (QED) is 0.754. The lowest BCUT2D eigenvalue weighted by Crippen LogP contribution is -2.38. The van der Waals surface area contributed by atoms with Crippen molar-refractivity contribution >= 4 is 17.5 Å². The van der Waals surface area contributed by atoms with Gasteiger partial charge in [-0.25, -0.2) is 4.39 Å². The van der Waals surface area contributed by atoms with Gasteiger partial charge in [0.05, 0.1) is 5.56 Å². The van der Waals surface area contributed by atoms with E-state index in [-0.39, 0.29) is 34.6 Å². The fraction of sp³-hybridized carbons (Fsp3) is 0.375. The molecule has 0 bridgehead atoms. The van der Waals surface area contributed by atoms with Crippen molar-refractivity contribution in [2.45, 2.75) is 26.1 Å². The summed E-state index contributed by atoms with van der Waals surface area (Å²) in [5.41, 5.74) is -1.82. The maximum atomic E-state index is 13.7. The second-order valence-corrected chi connectivity index (χ2v) is 6.17. The van der Waals surface area contributed by atoms with Crippen LogP contribution in [0.25, 0.3) is 11.3 Å². The lowest BCUT2D eigenvalue weighted by Gasteiger charge is -2.18. The van der Waals surface area contributed by atoms with Crippen molar-refractivity contribution in [2.24, 2.45) is 5.92 Å². The maximum Gasteiger partial charge on any atom is 0.419 e. The number of carbonyl (C=O) groups is 1. The fourth-order valence-electron chi connectivity index (χ4n) is 2.06. The average Bonchev–Trinajstić information content (AvgIpc) is 2.94. The molecule has 0 aliphatic rings. The molecule has 1 aromatic carbocycles. The Bertz CT molecular complexity index is 807. The first-order chi connectivity index (χ1) is 12.1. The molecule has 0 saturated heterocycles. The van der Waals surface area contributed by atoms with Gasteiger partial charge in [0.2, 0.25) is 0 Å². The molecule has 1 heterocycles. The van der Waals surface area contributed by atoms with E-state index in [9.17, 15) is 22.4 Å². The number of aliphatic hydroxyl groups excluding tert-OH is 1. The number of rotatable bonds is 5. The highest BCUT2D eigenvalue weighted by Crippen LogP contribution is 2.36. The smallest absolute Gasteiger partial charge is 0.396 e. The number of halogens is 5. The van der Waals surface area contributed by atoms with Crippen molar-refractivity contribution in [2.75, 3.05) is 6.61 Å². The maximum absolute atomic E-state index is 13.7. The van der Waals surface area contributed by atoms with Crippen LogP contribution in [0.2, 0.25) is 5.02 Å². The van der Waals surface area contributed by atoms with Gasteiger partial charge in [-0.05, 0) is 25.0 Å². The summed E-state index contributed by atoms with van der Waals surface area (Å²) in [7, 11) is 0. The molecular formula is C16H15ClF4N2O3. The summed E-state index contributed by atoms with van der Waals surface area (Å²) < 4.78 is 56.5. The molecule has 2 atom stereocenters. The number of nitrogens with one attached hydrogen (secondary N) is 1. The van der Waals surface area contributed by atoms with E-state index in [4.69, 9.17) is 21.2 Å². The Kier molecular flexibility index (Phi) is 5.92. The number of amides is 1. The van der Waals surface area contributed by atoms with E-state index in [0.29, 0.717) is 12.1 Å². The van der Waals surface area contributed by atoms with Gasteiger partial charge in [0.25, 0.3) is 5.91 Å². The third-order valence-electron chi connectivity index (χ3n) is 3.89. The largest absolute Gasteiger partial charge is 0.419 e. The summed E-state index contributed by atoms with van der Waals surface area (Å²) in [5, 5.41) is 14.9. The zero-order valence-electron chi connectivity index (χ0n) is 13.7. The summed E-state index contributed by atoms with van der Waals surface area (Å²) in [6, 6.07) is 1.73. The second-order valence-electron chi connectivity index (χ2n) is 5.79. The lowest BCUT2D eigenvalue weighted by atomic mass is 10.0. The number of benzene rings is 1. The van der Waals surface area contributed by atoms with Gasteiger partial charge in [-0.2, -0.15) is 13.2 Å². The zero-order valence-corrected chi connectivity index (χ0v) is 14.5. The van der Waals surface area contributed by atoms with E-state index < -0.39 is 29.5 Å². The molecule has 2 unspecified atom stereocenters. The molecule has 5 nitrogen and oxygen atoms in total. The minimum Gasteiger partial charge on any atom is -0.396 e. The molecular weight excluding hydrogens is 380 g/mol. The Morgan fingerprint density at radius 1 is 1.38 bits per heavy atom. The minimum absolute atomic E-state index is 0.0937. The standard InChI is InChI=1S/C16H15ClF4N2O3/c1-7(6-24)8(2)22-15(25)13-12(17)14(26-23-13)9-3-4-10(11(18)5-9)16(19,20)21/h3-5,7-8,24H,6H2,1-2H3,(H,22,25). The van der Waals surface area contributed by atoms with E-state index in [1.54, 1.807) is 13.8 Å². The number of aliphatic hydroxyl groups is 1. The van der Waals surface area contributed by atoms with Gasteiger partial charge in [-0.1, -0.05) is 29.7 Å². The highest BCUT2D eigenvalue weighted by atomic mass is 35.5. The van der Waals surface area contributed by atoms with Crippen molar-refractivity contribution in [1.29, 1.82) is 0 Å². The van der Waals surface area contributed by atoms with Crippen molar-refractivity contribution < 1.29 is 32.0 Å². The molecule has 2 rings (SSSR count). The normalized spacial score (nSPS) is 14.2. The van der Waals surface area contributed by atoms with Crippen LogP contribution in [0, 0.1) is 11.7 Å². The molecule has 1 amide bonds. The molecule has 0 aliphatic carbocycles. The number of hydrogen-bond acceptors (Lipinski definition) is 4. The van der Waals surface area contributed by atoms with Crippen LogP contribution in [-0.4, -0.2) is 28.8 Å². The molecule has 0 spiro atoms. The van der Waals surface area contributed by atoms with Crippen LogP contribution in [0.1, 0.15) is 29.9 Å². The minimum atomic E-state index is -4.83. The highest BCUT2D eigenvalue weighted by Gasteiger charge is 2.34. The molecule has 0 saturated carbocycles. The third-order valence-corrected chi connectivity index (χ3v) is 4.24. The van der Waals surface area contributed by atoms with Gasteiger partial charge in [0.1, 0.15) is 10.8 Å². The summed E-state index contributed by atoms with van der Waals surface area (Å²) in [6.07, 6.45) is -4.83. The van der Waals surface area contributed by atoms with Crippen LogP contribution < -0.4 is 5.32 Å². The molecule has 2 aromatic rings. The van der Waals surface area contributed by atoms with Crippen LogP contribution in [0.4, 0.5) is 17.6 Å². The van der Waals surface area contributed by atoms with Crippen LogP contribution >= 0.6 is 11.6 Å². The first-order valence-electron chi connectivity index (χ1n) is 7.50. The third kappa shape index (κ3) is 4.16. The number of carbonyl (C=O) groups excluding carboxylic acids is 1. The zero-order chi connectivity index (χ0) is 19.6. The summed E-state index contributed by atoms with van der Waals surface area (Å²) in [6.45, 7) is 3.23. The van der Waals surface area contributed by atoms with E-state index in [1.165, 1.54) is 0 Å². The van der Waals surface area contributed by atoms with E-state index in [0.717, 1.165) is 6.07 Å². The number of hydrogen-bond donors (Lipinski definition) is 2. The molecule has 1 aromatic heterocycles. The van der Waals surface area contributed by atoms with Crippen molar-refractivity contribution in [3.8, 4) is 11.3 Å². The number of nitrogens with zero attached hydrogens (tertiary/aromatic N) is 1. The van der Waals surface area contributed by atoms with Gasteiger partial charge in [0.15, 0.2) is 11.5 Å². The Morgan fingerprint density at radius 2 is 2.04 bits per heavy atom. The second kappa shape index (κ2) is 7.63. The van der Waals surface area contributed by atoms with E-state index in [2.05, 4.69) is 10.5 Å². The van der Waals surface area contributed by atoms with Crippen molar-refractivity contribution in [3.05, 3.63) is 40.3 Å². The molecule has 0 fully saturated rings. The summed E-state index contributed by atoms with van der Waals surface area (Å²) in [5.74, 6) is -2.65. The lowest BCUT2D eigenvalue weighted by molar-refractivity contribution is -0.139. The Morgan fingerprint density at radius 3 is 2.58 bits per heavy atom. The molecule has 2 N–H and O–H groups in total. The Hall–Kier alpha value is -2.13. The first-order valence-corrected chi connectivity index (χ1v) is 7.88. The fourth-order valence-corrected chi connectivity index (χ4v) is 2.33. The predicted octanol–water partition coefficient (Wildman–Crippen LogP) is 3.90. The van der Waals surface area contributed by atoms with Crippen molar-refractivity contribution in [1.82, 2.24) is 10.5 Å². The highest BCUT2D eigenvalue weighted by molar-refractivity contribution is 6.35. The average molecular weight is 395 g/mol. The Balaban J connectivity index is 2.29. The number of aromatic nitrogens is 1. The van der Waals surface area contributed by atoms with Crippen LogP contribution in [0.3, 0.4) is 0 Å². The predicted molar refractivity (Wildman–Crippen MR) is 85.1 cm³/mol. The SMILES string of the molecule is CC(CO)C(C)NC(=O)c1noc(-c2ccc(C(F)(F)F)c(F)c2)c1Cl. The topological polar surface area (TPSA) is 75.4 Å². The van der Waals surface area contributed by atoms with E-state index >= 15 is 0 Å². The van der Waals surface area contributed by atoms with Gasteiger partial charge in [0, 0.05) is 18.2 Å². The number of alkyl halides is 3. The molecule has 142 valence electrons. The molecule has 10 heteroatoms. The van der Waals surface area contributed by atoms with Crippen molar-refractivity contribution in [3.63, 3.8) is 0 Å². The van der Waals surface area contributed by atoms with E-state index in [1.807, 2.05) is 0 Å². The summed E-state index contributed by atoms with van der Waals surface area (Å²) >= 11 is 6.02. The van der Waals surface area contributed by atoms with Crippen LogP contribution in [0.5, 0.6) is 0 Å². The molecule has 0 radical (unpaired) electrons. The van der Waals surface area contributed by atoms with Gasteiger partial charge >= 0.3 is 6.18 Å². The van der Waals surface area contributed by atoms with Gasteiger partial charge in [-0.15, -0.1) is 0 Å². The van der Waals surface area contributed by atoms with Gasteiger partial charge in [-0.3, -0.25) is 4.79 Å².